The Morgan fingerprint density at radius 2 is 2.00 bits per heavy atom. The Labute approximate surface area is 155 Å². The maximum atomic E-state index is 12.6. The summed E-state index contributed by atoms with van der Waals surface area (Å²) in [6.45, 7) is 4.29. The Kier molecular flexibility index (Phi) is 5.18. The van der Waals surface area contributed by atoms with Crippen molar-refractivity contribution in [3.8, 4) is 0 Å². The van der Waals surface area contributed by atoms with Crippen molar-refractivity contribution in [2.75, 3.05) is 6.54 Å². The summed E-state index contributed by atoms with van der Waals surface area (Å²) >= 11 is 1.29. The molecule has 0 atom stereocenters. The molecule has 3 rings (SSSR count). The average molecular weight is 367 g/mol. The number of aryl methyl sites for hydroxylation is 1. The summed E-state index contributed by atoms with van der Waals surface area (Å²) in [5.41, 5.74) is 1.83. The molecule has 1 fully saturated rings. The fraction of sp³-hybridized carbons (Fsp3) is 0.158. The Bertz CT molecular complexity index is 920. The third kappa shape index (κ3) is 3.83. The molecule has 0 bridgehead atoms. The van der Waals surface area contributed by atoms with Gasteiger partial charge >= 0.3 is 5.97 Å². The summed E-state index contributed by atoms with van der Waals surface area (Å²) in [5.74, 6) is -0.537. The van der Waals surface area contributed by atoms with E-state index >= 15 is 0 Å². The lowest BCUT2D eigenvalue weighted by Gasteiger charge is -2.11. The highest BCUT2D eigenvalue weighted by atomic mass is 32.2. The van der Waals surface area contributed by atoms with E-state index in [9.17, 15) is 9.59 Å². The van der Waals surface area contributed by atoms with Crippen LogP contribution in [-0.4, -0.2) is 38.6 Å². The first-order chi connectivity index (χ1) is 12.5. The van der Waals surface area contributed by atoms with Crippen LogP contribution in [0.4, 0.5) is 5.82 Å². The van der Waals surface area contributed by atoms with Crippen LogP contribution in [0.25, 0.3) is 6.08 Å². The predicted octanol–water partition coefficient (Wildman–Crippen LogP) is 3.71. The molecule has 1 aliphatic rings. The van der Waals surface area contributed by atoms with Gasteiger partial charge in [-0.15, -0.1) is 0 Å². The topological polar surface area (TPSA) is 82.9 Å². The van der Waals surface area contributed by atoms with Gasteiger partial charge in [0.05, 0.1) is 10.5 Å². The highest BCUT2D eigenvalue weighted by molar-refractivity contribution is 8.18. The van der Waals surface area contributed by atoms with Crippen molar-refractivity contribution < 1.29 is 14.7 Å². The van der Waals surface area contributed by atoms with Gasteiger partial charge in [0, 0.05) is 12.2 Å². The molecule has 6 nitrogen and oxygen atoms in total. The van der Waals surface area contributed by atoms with Crippen LogP contribution in [0, 0.1) is 6.92 Å². The van der Waals surface area contributed by atoms with Crippen molar-refractivity contribution in [1.29, 1.82) is 0 Å². The number of hydrogen-bond acceptors (Lipinski definition) is 5. The molecule has 1 amide bonds. The number of nitrogens with zero attached hydrogens (tertiary/aromatic N) is 3. The lowest BCUT2D eigenvalue weighted by atomic mass is 10.1. The maximum absolute atomic E-state index is 12.6. The SMILES string of the molecule is CCN1C(=O)/C(=C/c2ccc(C(=O)O)cc2)S/C1=N/c1cccc(C)n1. The molecule has 1 N–H and O–H groups in total. The smallest absolute Gasteiger partial charge is 0.335 e. The van der Waals surface area contributed by atoms with Gasteiger partial charge in [0.1, 0.15) is 0 Å². The van der Waals surface area contributed by atoms with E-state index in [1.54, 1.807) is 29.2 Å². The van der Waals surface area contributed by atoms with Crippen LogP contribution in [0.1, 0.15) is 28.5 Å². The minimum atomic E-state index is -0.979. The summed E-state index contributed by atoms with van der Waals surface area (Å²) in [4.78, 5) is 34.6. The Balaban J connectivity index is 1.90. The van der Waals surface area contributed by atoms with Gasteiger partial charge in [0.25, 0.3) is 5.91 Å². The zero-order chi connectivity index (χ0) is 18.7. The number of carboxylic acid groups (broad SMARTS) is 1. The molecule has 7 heteroatoms. The zero-order valence-electron chi connectivity index (χ0n) is 14.3. The molecule has 1 aromatic carbocycles. The standard InChI is InChI=1S/C19H17N3O3S/c1-3-22-17(23)15(11-13-7-9-14(10-8-13)18(24)25)26-19(22)21-16-6-4-5-12(2)20-16/h4-11H,3H2,1-2H3,(H,24,25)/b15-11-,21-19+. The van der Waals surface area contributed by atoms with E-state index in [1.807, 2.05) is 26.0 Å². The van der Waals surface area contributed by atoms with Gasteiger partial charge in [-0.1, -0.05) is 18.2 Å². The van der Waals surface area contributed by atoms with Crippen molar-refractivity contribution in [2.45, 2.75) is 13.8 Å². The van der Waals surface area contributed by atoms with Crippen LogP contribution >= 0.6 is 11.8 Å². The van der Waals surface area contributed by atoms with Crippen molar-refractivity contribution in [1.82, 2.24) is 9.88 Å². The van der Waals surface area contributed by atoms with Gasteiger partial charge in [-0.25, -0.2) is 14.8 Å². The molecule has 0 radical (unpaired) electrons. The second-order valence-electron chi connectivity index (χ2n) is 5.62. The molecule has 2 heterocycles. The van der Waals surface area contributed by atoms with Crippen LogP contribution in [0.3, 0.4) is 0 Å². The first-order valence-corrected chi connectivity index (χ1v) is 8.86. The van der Waals surface area contributed by atoms with E-state index in [-0.39, 0.29) is 11.5 Å². The summed E-state index contributed by atoms with van der Waals surface area (Å²) in [7, 11) is 0. The van der Waals surface area contributed by atoms with Crippen LogP contribution in [0.15, 0.2) is 52.4 Å². The largest absolute Gasteiger partial charge is 0.478 e. The predicted molar refractivity (Wildman–Crippen MR) is 102 cm³/mol. The van der Waals surface area contributed by atoms with Gasteiger partial charge in [-0.05, 0) is 61.5 Å². The lowest BCUT2D eigenvalue weighted by molar-refractivity contribution is -0.122. The number of amides is 1. The van der Waals surface area contributed by atoms with Crippen molar-refractivity contribution >= 4 is 40.7 Å². The first-order valence-electron chi connectivity index (χ1n) is 8.05. The van der Waals surface area contributed by atoms with E-state index < -0.39 is 5.97 Å². The normalized spacial score (nSPS) is 17.3. The Hall–Kier alpha value is -2.93. The van der Waals surface area contributed by atoms with Crippen LogP contribution in [0.5, 0.6) is 0 Å². The minimum Gasteiger partial charge on any atom is -0.478 e. The number of pyridine rings is 1. The van der Waals surface area contributed by atoms with E-state index in [2.05, 4.69) is 9.98 Å². The van der Waals surface area contributed by atoms with Crippen LogP contribution < -0.4 is 0 Å². The van der Waals surface area contributed by atoms with E-state index in [0.717, 1.165) is 11.3 Å². The molecular weight excluding hydrogens is 350 g/mol. The fourth-order valence-corrected chi connectivity index (χ4v) is 3.48. The molecular formula is C19H17N3O3S. The third-order valence-corrected chi connectivity index (χ3v) is 4.75. The summed E-state index contributed by atoms with van der Waals surface area (Å²) in [6.07, 6.45) is 1.74. The number of benzene rings is 1. The Morgan fingerprint density at radius 1 is 1.27 bits per heavy atom. The molecule has 0 saturated carbocycles. The maximum Gasteiger partial charge on any atom is 0.335 e. The third-order valence-electron chi connectivity index (χ3n) is 3.74. The van der Waals surface area contributed by atoms with E-state index in [4.69, 9.17) is 5.11 Å². The number of aromatic nitrogens is 1. The molecule has 26 heavy (non-hydrogen) atoms. The second kappa shape index (κ2) is 7.53. The first kappa shape index (κ1) is 17.9. The van der Waals surface area contributed by atoms with Gasteiger partial charge in [0.15, 0.2) is 11.0 Å². The molecule has 132 valence electrons. The molecule has 1 aliphatic heterocycles. The van der Waals surface area contributed by atoms with Crippen molar-refractivity contribution in [3.05, 3.63) is 64.2 Å². The van der Waals surface area contributed by atoms with Gasteiger partial charge in [-0.2, -0.15) is 0 Å². The molecule has 1 saturated heterocycles. The number of likely N-dealkylation sites (N-methyl/N-ethyl adjacent to an activating group) is 1. The monoisotopic (exact) mass is 367 g/mol. The number of aliphatic imine (C=N–C) groups is 1. The number of rotatable bonds is 4. The highest BCUT2D eigenvalue weighted by Gasteiger charge is 2.32. The number of hydrogen-bond donors (Lipinski definition) is 1. The lowest BCUT2D eigenvalue weighted by Crippen LogP contribution is -2.28. The summed E-state index contributed by atoms with van der Waals surface area (Å²) < 4.78 is 0. The van der Waals surface area contributed by atoms with Crippen LogP contribution in [0.2, 0.25) is 0 Å². The number of carboxylic acids is 1. The number of amidine groups is 1. The van der Waals surface area contributed by atoms with Gasteiger partial charge in [0.2, 0.25) is 0 Å². The van der Waals surface area contributed by atoms with E-state index in [0.29, 0.717) is 22.4 Å². The number of carbonyl (C=O) groups is 2. The fourth-order valence-electron chi connectivity index (χ4n) is 2.43. The average Bonchev–Trinajstić information content (AvgIpc) is 2.90. The second-order valence-corrected chi connectivity index (χ2v) is 6.63. The zero-order valence-corrected chi connectivity index (χ0v) is 15.2. The molecule has 0 aliphatic carbocycles. The summed E-state index contributed by atoms with van der Waals surface area (Å²) in [5, 5.41) is 9.55. The Morgan fingerprint density at radius 3 is 2.62 bits per heavy atom. The molecule has 0 unspecified atom stereocenters. The number of aromatic carboxylic acids is 1. The van der Waals surface area contributed by atoms with Gasteiger partial charge in [-0.3, -0.25) is 9.69 Å². The highest BCUT2D eigenvalue weighted by Crippen LogP contribution is 2.33. The quantitative estimate of drug-likeness (QED) is 0.833. The molecule has 2 aromatic rings. The van der Waals surface area contributed by atoms with E-state index in [1.165, 1.54) is 23.9 Å². The van der Waals surface area contributed by atoms with Crippen LogP contribution in [-0.2, 0) is 4.79 Å². The van der Waals surface area contributed by atoms with Crippen molar-refractivity contribution in [2.24, 2.45) is 4.99 Å². The number of thioether (sulfide) groups is 1. The number of carbonyl (C=O) groups excluding carboxylic acids is 1. The van der Waals surface area contributed by atoms with Crippen molar-refractivity contribution in [3.63, 3.8) is 0 Å². The van der Waals surface area contributed by atoms with Gasteiger partial charge < -0.3 is 5.11 Å². The summed E-state index contributed by atoms with van der Waals surface area (Å²) in [6, 6.07) is 11.9. The molecule has 1 aromatic heterocycles. The molecule has 0 spiro atoms. The minimum absolute atomic E-state index is 0.119.